The first-order chi connectivity index (χ1) is 19.9. The largest absolute Gasteiger partial charge is 0.493 e. The van der Waals surface area contributed by atoms with Crippen molar-refractivity contribution >= 4 is 52.1 Å². The number of nitrogens with zero attached hydrogens (tertiary/aromatic N) is 1. The monoisotopic (exact) mass is 581 g/mol. The summed E-state index contributed by atoms with van der Waals surface area (Å²) in [7, 11) is 3.06. The van der Waals surface area contributed by atoms with Gasteiger partial charge >= 0.3 is 0 Å². The maximum atomic E-state index is 14.8. The van der Waals surface area contributed by atoms with Crippen molar-refractivity contribution in [1.29, 1.82) is 0 Å². The summed E-state index contributed by atoms with van der Waals surface area (Å²) < 4.78 is 11.5. The Morgan fingerprint density at radius 2 is 1.68 bits per heavy atom. The fourth-order valence-corrected chi connectivity index (χ4v) is 7.89. The Balaban J connectivity index is 1.59. The predicted molar refractivity (Wildman–Crippen MR) is 159 cm³/mol. The number of fused-ring (bicyclic) bond motifs is 5. The quantitative estimate of drug-likeness (QED) is 0.192. The normalized spacial score (nSPS) is 21.5. The lowest BCUT2D eigenvalue weighted by atomic mass is 9.64. The number of ketones is 3. The number of halogens is 1. The van der Waals surface area contributed by atoms with Crippen molar-refractivity contribution in [2.75, 3.05) is 19.1 Å². The van der Waals surface area contributed by atoms with Crippen LogP contribution in [0.15, 0.2) is 84.3 Å². The van der Waals surface area contributed by atoms with Gasteiger partial charge in [0, 0.05) is 33.3 Å². The van der Waals surface area contributed by atoms with Crippen molar-refractivity contribution in [2.24, 2.45) is 5.41 Å². The summed E-state index contributed by atoms with van der Waals surface area (Å²) in [6, 6.07) is 19.7. The van der Waals surface area contributed by atoms with Crippen LogP contribution in [0.2, 0.25) is 5.02 Å². The van der Waals surface area contributed by atoms with E-state index in [1.165, 1.54) is 25.6 Å². The highest BCUT2D eigenvalue weighted by Crippen LogP contribution is 2.62. The van der Waals surface area contributed by atoms with Crippen molar-refractivity contribution in [3.05, 3.63) is 116 Å². The van der Waals surface area contributed by atoms with E-state index in [2.05, 4.69) is 0 Å². The molecule has 3 unspecified atom stereocenters. The van der Waals surface area contributed by atoms with Crippen molar-refractivity contribution < 1.29 is 23.9 Å². The summed E-state index contributed by atoms with van der Waals surface area (Å²) >= 11 is 7.70. The highest BCUT2D eigenvalue weighted by molar-refractivity contribution is 7.12. The Hall–Kier alpha value is -4.20. The molecule has 3 aromatic carbocycles. The molecule has 1 aliphatic carbocycles. The number of rotatable bonds is 5. The van der Waals surface area contributed by atoms with Crippen LogP contribution in [0, 0.1) is 5.41 Å². The molecular weight excluding hydrogens is 558 g/mol. The van der Waals surface area contributed by atoms with Crippen molar-refractivity contribution in [3.8, 4) is 11.5 Å². The maximum Gasteiger partial charge on any atom is 0.195 e. The fraction of sp³-hybridized carbons (Fsp3) is 0.182. The van der Waals surface area contributed by atoms with Gasteiger partial charge in [-0.3, -0.25) is 14.4 Å². The molecule has 1 aromatic heterocycles. The summed E-state index contributed by atoms with van der Waals surface area (Å²) in [5.41, 5.74) is 1.20. The molecule has 41 heavy (non-hydrogen) atoms. The number of carbonyl (C=O) groups is 3. The first kappa shape index (κ1) is 25.7. The number of ether oxygens (including phenoxy) is 2. The van der Waals surface area contributed by atoms with E-state index in [1.54, 1.807) is 48.5 Å². The van der Waals surface area contributed by atoms with Crippen LogP contribution in [0.4, 0.5) is 5.69 Å². The van der Waals surface area contributed by atoms with Gasteiger partial charge in [-0.05, 0) is 41.3 Å². The van der Waals surface area contributed by atoms with Crippen molar-refractivity contribution in [2.45, 2.75) is 18.0 Å². The van der Waals surface area contributed by atoms with Crippen molar-refractivity contribution in [1.82, 2.24) is 0 Å². The minimum Gasteiger partial charge on any atom is -0.493 e. The molecule has 2 aliphatic heterocycles. The van der Waals surface area contributed by atoms with E-state index in [0.29, 0.717) is 38.1 Å². The highest BCUT2D eigenvalue weighted by Gasteiger charge is 2.72. The van der Waals surface area contributed by atoms with E-state index in [0.717, 1.165) is 11.3 Å². The number of benzene rings is 3. The number of hydrogen-bond donors (Lipinski definition) is 0. The molecule has 0 N–H and O–H groups in total. The van der Waals surface area contributed by atoms with Crippen LogP contribution in [0.5, 0.6) is 11.5 Å². The Kier molecular flexibility index (Phi) is 5.92. The number of thiophene rings is 1. The zero-order valence-electron chi connectivity index (χ0n) is 22.2. The first-order valence-corrected chi connectivity index (χ1v) is 14.4. The van der Waals surface area contributed by atoms with Gasteiger partial charge in [-0.15, -0.1) is 11.3 Å². The van der Waals surface area contributed by atoms with Crippen LogP contribution < -0.4 is 14.4 Å². The van der Waals surface area contributed by atoms with E-state index >= 15 is 0 Å². The molecule has 1 fully saturated rings. The lowest BCUT2D eigenvalue weighted by Crippen LogP contribution is -2.48. The van der Waals surface area contributed by atoms with E-state index in [4.69, 9.17) is 21.1 Å². The van der Waals surface area contributed by atoms with Gasteiger partial charge in [0.2, 0.25) is 0 Å². The summed E-state index contributed by atoms with van der Waals surface area (Å²) in [5, 5.41) is 2.40. The Bertz CT molecular complexity index is 1740. The molecule has 1 spiro atoms. The third-order valence-electron chi connectivity index (χ3n) is 8.57. The Labute approximate surface area is 245 Å². The highest BCUT2D eigenvalue weighted by atomic mass is 35.5. The van der Waals surface area contributed by atoms with E-state index in [9.17, 15) is 14.4 Å². The molecule has 3 atom stereocenters. The number of hydrogen-bond acceptors (Lipinski definition) is 7. The first-order valence-electron chi connectivity index (χ1n) is 13.2. The predicted octanol–water partition coefficient (Wildman–Crippen LogP) is 6.74. The van der Waals surface area contributed by atoms with Crippen LogP contribution >= 0.6 is 22.9 Å². The molecule has 0 amide bonds. The summed E-state index contributed by atoms with van der Waals surface area (Å²) in [6.07, 6.45) is 3.77. The second-order valence-corrected chi connectivity index (χ2v) is 11.7. The molecule has 6 nitrogen and oxygen atoms in total. The number of methoxy groups -OCH3 is 2. The van der Waals surface area contributed by atoms with Gasteiger partial charge < -0.3 is 14.4 Å². The molecule has 3 heterocycles. The van der Waals surface area contributed by atoms with Crippen LogP contribution in [0.1, 0.15) is 47.4 Å². The average molecular weight is 582 g/mol. The lowest BCUT2D eigenvalue weighted by molar-refractivity contribution is 0.0664. The van der Waals surface area contributed by atoms with E-state index in [-0.39, 0.29) is 17.3 Å². The van der Waals surface area contributed by atoms with E-state index in [1.807, 2.05) is 46.7 Å². The van der Waals surface area contributed by atoms with Gasteiger partial charge in [0.1, 0.15) is 11.5 Å². The molecule has 8 heteroatoms. The van der Waals surface area contributed by atoms with Gasteiger partial charge in [-0.25, -0.2) is 0 Å². The number of para-hydroxylation sites is 1. The molecule has 1 saturated heterocycles. The zero-order valence-corrected chi connectivity index (χ0v) is 23.7. The average Bonchev–Trinajstić information content (AvgIpc) is 3.70. The van der Waals surface area contributed by atoms with Gasteiger partial charge in [0.05, 0.1) is 25.1 Å². The van der Waals surface area contributed by atoms with Crippen LogP contribution in [-0.4, -0.2) is 43.7 Å². The number of carbonyl (C=O) groups excluding carboxylic acids is 3. The topological polar surface area (TPSA) is 72.9 Å². The third-order valence-corrected chi connectivity index (χ3v) is 9.69. The van der Waals surface area contributed by atoms with Crippen LogP contribution in [0.25, 0.3) is 6.08 Å². The van der Waals surface area contributed by atoms with E-state index < -0.39 is 23.4 Å². The zero-order chi connectivity index (χ0) is 28.5. The maximum absolute atomic E-state index is 14.8. The smallest absolute Gasteiger partial charge is 0.195 e. The molecule has 7 rings (SSSR count). The Morgan fingerprint density at radius 1 is 0.927 bits per heavy atom. The van der Waals surface area contributed by atoms with Gasteiger partial charge in [0.25, 0.3) is 0 Å². The number of Topliss-reactive ketones (excluding diaryl/α,β-unsaturated/α-hetero) is 3. The summed E-state index contributed by atoms with van der Waals surface area (Å²) in [5.74, 6) is -0.834. The van der Waals surface area contributed by atoms with Gasteiger partial charge in [0.15, 0.2) is 28.8 Å². The van der Waals surface area contributed by atoms with Gasteiger partial charge in [-0.1, -0.05) is 66.2 Å². The molecule has 204 valence electrons. The molecule has 0 saturated carbocycles. The minimum atomic E-state index is -1.63. The fourth-order valence-electron chi connectivity index (χ4n) is 7.01. The van der Waals surface area contributed by atoms with Crippen molar-refractivity contribution in [3.63, 3.8) is 0 Å². The van der Waals surface area contributed by atoms with Gasteiger partial charge in [-0.2, -0.15) is 0 Å². The molecule has 4 aromatic rings. The standard InChI is InChI=1S/C33H24ClNO5S/c1-39-24-10-5-9-22(30(24)40-2)27-28(29(36)25-11-6-16-41-25)35-23-14-13-19(34)17-18(23)12-15-26(35)33(27)31(37)20-7-3-4-8-21(20)32(33)38/h3-17,26-28H,1-2H3. The number of anilines is 1. The molecular formula is C33H24ClNO5S. The lowest BCUT2D eigenvalue weighted by Gasteiger charge is -2.37. The van der Waals surface area contributed by atoms with Crippen LogP contribution in [-0.2, 0) is 0 Å². The third kappa shape index (κ3) is 3.39. The molecule has 0 bridgehead atoms. The molecule has 3 aliphatic rings. The second kappa shape index (κ2) is 9.43. The summed E-state index contributed by atoms with van der Waals surface area (Å²) in [4.78, 5) is 46.6. The molecule has 0 radical (unpaired) electrons. The second-order valence-electron chi connectivity index (χ2n) is 10.3. The SMILES string of the molecule is COc1cccc(C2C(C(=O)c3cccs3)N3c4ccc(Cl)cc4C=CC3C23C(=O)c2ccccc2C3=O)c1OC. The minimum absolute atomic E-state index is 0.176. The van der Waals surface area contributed by atoms with Crippen LogP contribution in [0.3, 0.4) is 0 Å². The summed E-state index contributed by atoms with van der Waals surface area (Å²) in [6.45, 7) is 0. The Morgan fingerprint density at radius 3 is 2.34 bits per heavy atom.